The normalized spacial score (nSPS) is 11.4. The Bertz CT molecular complexity index is 780. The van der Waals surface area contributed by atoms with E-state index in [4.69, 9.17) is 16.3 Å². The van der Waals surface area contributed by atoms with Gasteiger partial charge in [-0.3, -0.25) is 4.90 Å². The molecule has 26 heavy (non-hydrogen) atoms. The molecule has 0 radical (unpaired) electrons. The number of hydrogen-bond acceptors (Lipinski definition) is 5. The zero-order valence-corrected chi connectivity index (χ0v) is 15.4. The number of anilines is 1. The number of aromatic nitrogens is 2. The summed E-state index contributed by atoms with van der Waals surface area (Å²) in [6.45, 7) is 2.32. The van der Waals surface area contributed by atoms with Crippen LogP contribution in [0.4, 0.5) is 19.4 Å². The molecule has 140 valence electrons. The summed E-state index contributed by atoms with van der Waals surface area (Å²) in [7, 11) is 1.49. The molecule has 1 heterocycles. The summed E-state index contributed by atoms with van der Waals surface area (Å²) >= 11 is 5.93. The number of nitrogens with zero attached hydrogens (tertiary/aromatic N) is 3. The molecule has 1 aromatic carbocycles. The van der Waals surface area contributed by atoms with Gasteiger partial charge in [0.25, 0.3) is 0 Å². The second-order valence-corrected chi connectivity index (χ2v) is 6.73. The standard InChI is InChI=1S/C17H18ClF2N3O3/c1-17(2,3)26-16(24)23(4)14-12(9-13(18)21-22-14)10-5-7-11(8-6-10)25-15(19)20/h5-9,15H,1-4H3. The molecule has 0 spiro atoms. The Hall–Kier alpha value is -2.48. The van der Waals surface area contributed by atoms with Crippen molar-refractivity contribution < 1.29 is 23.0 Å². The van der Waals surface area contributed by atoms with Crippen molar-refractivity contribution in [2.75, 3.05) is 11.9 Å². The second kappa shape index (κ2) is 7.82. The average Bonchev–Trinajstić information content (AvgIpc) is 2.52. The van der Waals surface area contributed by atoms with Gasteiger partial charge in [-0.2, -0.15) is 8.78 Å². The van der Waals surface area contributed by atoms with Gasteiger partial charge in [0.1, 0.15) is 11.4 Å². The zero-order chi connectivity index (χ0) is 19.5. The molecule has 0 unspecified atom stereocenters. The minimum atomic E-state index is -2.91. The predicted octanol–water partition coefficient (Wildman–Crippen LogP) is 4.77. The van der Waals surface area contributed by atoms with Crippen LogP contribution < -0.4 is 9.64 Å². The molecule has 0 saturated heterocycles. The van der Waals surface area contributed by atoms with Crippen LogP contribution in [-0.2, 0) is 4.74 Å². The van der Waals surface area contributed by atoms with Crippen LogP contribution in [0.15, 0.2) is 30.3 Å². The van der Waals surface area contributed by atoms with Crippen molar-refractivity contribution in [1.29, 1.82) is 0 Å². The Balaban J connectivity index is 2.37. The molecule has 1 amide bonds. The van der Waals surface area contributed by atoms with Gasteiger partial charge >= 0.3 is 12.7 Å². The molecule has 0 aliphatic heterocycles. The van der Waals surface area contributed by atoms with Crippen LogP contribution >= 0.6 is 11.6 Å². The van der Waals surface area contributed by atoms with Crippen LogP contribution in [0.2, 0.25) is 5.15 Å². The summed E-state index contributed by atoms with van der Waals surface area (Å²) in [6, 6.07) is 7.39. The Labute approximate surface area is 154 Å². The molecular weight excluding hydrogens is 368 g/mol. The molecule has 6 nitrogen and oxygen atoms in total. The van der Waals surface area contributed by atoms with Crippen molar-refractivity contribution in [2.45, 2.75) is 33.0 Å². The summed E-state index contributed by atoms with van der Waals surface area (Å²) in [6.07, 6.45) is -0.618. The Kier molecular flexibility index (Phi) is 5.97. The highest BCUT2D eigenvalue weighted by atomic mass is 35.5. The van der Waals surface area contributed by atoms with E-state index in [9.17, 15) is 13.6 Å². The lowest BCUT2D eigenvalue weighted by Crippen LogP contribution is -2.35. The largest absolute Gasteiger partial charge is 0.443 e. The maximum absolute atomic E-state index is 12.3. The highest BCUT2D eigenvalue weighted by Gasteiger charge is 2.24. The molecule has 2 rings (SSSR count). The fraction of sp³-hybridized carbons (Fsp3) is 0.353. The number of hydrogen-bond donors (Lipinski definition) is 0. The molecule has 9 heteroatoms. The van der Waals surface area contributed by atoms with Crippen molar-refractivity contribution in [3.63, 3.8) is 0 Å². The minimum Gasteiger partial charge on any atom is -0.443 e. The molecule has 0 bridgehead atoms. The van der Waals surface area contributed by atoms with Gasteiger partial charge in [0.2, 0.25) is 0 Å². The molecule has 0 aliphatic rings. The molecule has 0 atom stereocenters. The highest BCUT2D eigenvalue weighted by molar-refractivity contribution is 6.29. The predicted molar refractivity (Wildman–Crippen MR) is 93.7 cm³/mol. The first-order chi connectivity index (χ1) is 12.1. The number of alkyl halides is 2. The molecule has 2 aromatic rings. The highest BCUT2D eigenvalue weighted by Crippen LogP contribution is 2.32. The lowest BCUT2D eigenvalue weighted by Gasteiger charge is -2.25. The minimum absolute atomic E-state index is 0.0129. The fourth-order valence-corrected chi connectivity index (χ4v) is 2.20. The molecule has 1 aromatic heterocycles. The Morgan fingerprint density at radius 3 is 2.35 bits per heavy atom. The van der Waals surface area contributed by atoms with Gasteiger partial charge in [-0.15, -0.1) is 10.2 Å². The van der Waals surface area contributed by atoms with Gasteiger partial charge in [-0.25, -0.2) is 4.79 Å². The third-order valence-electron chi connectivity index (χ3n) is 3.12. The van der Waals surface area contributed by atoms with Gasteiger partial charge in [-0.05, 0) is 44.5 Å². The number of carbonyl (C=O) groups excluding carboxylic acids is 1. The van der Waals surface area contributed by atoms with Crippen molar-refractivity contribution >= 4 is 23.5 Å². The van der Waals surface area contributed by atoms with Crippen LogP contribution in [0.25, 0.3) is 11.1 Å². The Morgan fingerprint density at radius 1 is 1.19 bits per heavy atom. The molecular formula is C17H18ClF2N3O3. The van der Waals surface area contributed by atoms with Crippen LogP contribution in [0.5, 0.6) is 5.75 Å². The van der Waals surface area contributed by atoms with Gasteiger partial charge in [0, 0.05) is 12.6 Å². The van der Waals surface area contributed by atoms with Crippen molar-refractivity contribution in [3.8, 4) is 16.9 Å². The quantitative estimate of drug-likeness (QED) is 0.758. The second-order valence-electron chi connectivity index (χ2n) is 6.35. The monoisotopic (exact) mass is 385 g/mol. The van der Waals surface area contributed by atoms with Gasteiger partial charge in [-0.1, -0.05) is 23.7 Å². The fourth-order valence-electron chi connectivity index (χ4n) is 2.05. The van der Waals surface area contributed by atoms with E-state index in [2.05, 4.69) is 14.9 Å². The lowest BCUT2D eigenvalue weighted by molar-refractivity contribution is -0.0498. The Morgan fingerprint density at radius 2 is 1.81 bits per heavy atom. The van der Waals surface area contributed by atoms with E-state index in [1.807, 2.05) is 0 Å². The van der Waals surface area contributed by atoms with Gasteiger partial charge in [0.05, 0.1) is 0 Å². The van der Waals surface area contributed by atoms with Crippen molar-refractivity contribution in [3.05, 3.63) is 35.5 Å². The number of ether oxygens (including phenoxy) is 2. The van der Waals surface area contributed by atoms with Crippen LogP contribution in [-0.4, -0.2) is 35.6 Å². The van der Waals surface area contributed by atoms with E-state index in [0.717, 1.165) is 0 Å². The molecule has 0 aliphatic carbocycles. The maximum Gasteiger partial charge on any atom is 0.415 e. The van der Waals surface area contributed by atoms with Crippen LogP contribution in [0.3, 0.4) is 0 Å². The van der Waals surface area contributed by atoms with E-state index in [0.29, 0.717) is 11.1 Å². The first-order valence-electron chi connectivity index (χ1n) is 7.62. The third-order valence-corrected chi connectivity index (χ3v) is 3.30. The van der Waals surface area contributed by atoms with Gasteiger partial charge < -0.3 is 9.47 Å². The summed E-state index contributed by atoms with van der Waals surface area (Å²) in [5, 5.41) is 7.85. The molecule has 0 fully saturated rings. The first-order valence-corrected chi connectivity index (χ1v) is 8.00. The smallest absolute Gasteiger partial charge is 0.415 e. The third kappa shape index (κ3) is 5.26. The van der Waals surface area contributed by atoms with E-state index >= 15 is 0 Å². The molecule has 0 N–H and O–H groups in total. The first kappa shape index (κ1) is 19.8. The SMILES string of the molecule is CN(C(=O)OC(C)(C)C)c1nnc(Cl)cc1-c1ccc(OC(F)F)cc1. The number of benzene rings is 1. The van der Waals surface area contributed by atoms with E-state index < -0.39 is 18.3 Å². The van der Waals surface area contributed by atoms with E-state index in [1.54, 1.807) is 32.9 Å². The molecule has 0 saturated carbocycles. The average molecular weight is 386 g/mol. The van der Waals surface area contributed by atoms with Gasteiger partial charge in [0.15, 0.2) is 11.0 Å². The summed E-state index contributed by atoms with van der Waals surface area (Å²) in [5.74, 6) is 0.227. The van der Waals surface area contributed by atoms with E-state index in [1.165, 1.54) is 30.1 Å². The zero-order valence-electron chi connectivity index (χ0n) is 14.7. The summed E-state index contributed by atoms with van der Waals surface area (Å²) < 4.78 is 34.2. The topological polar surface area (TPSA) is 64.6 Å². The number of halogens is 3. The number of carbonyl (C=O) groups is 1. The lowest BCUT2D eigenvalue weighted by atomic mass is 10.1. The van der Waals surface area contributed by atoms with E-state index in [-0.39, 0.29) is 16.7 Å². The maximum atomic E-state index is 12.3. The van der Waals surface area contributed by atoms with Crippen molar-refractivity contribution in [1.82, 2.24) is 10.2 Å². The number of amides is 1. The summed E-state index contributed by atoms with van der Waals surface area (Å²) in [4.78, 5) is 13.5. The van der Waals surface area contributed by atoms with Crippen LogP contribution in [0.1, 0.15) is 20.8 Å². The number of rotatable bonds is 4. The van der Waals surface area contributed by atoms with Crippen LogP contribution in [0, 0.1) is 0 Å². The van der Waals surface area contributed by atoms with Crippen molar-refractivity contribution in [2.24, 2.45) is 0 Å². The summed E-state index contributed by atoms with van der Waals surface area (Å²) in [5.41, 5.74) is 0.398.